The van der Waals surface area contributed by atoms with Crippen molar-refractivity contribution in [1.82, 2.24) is 15.2 Å². The number of aryl methyl sites for hydroxylation is 1. The van der Waals surface area contributed by atoms with Crippen LogP contribution in [0, 0.1) is 12.3 Å². The number of hydrogen-bond donors (Lipinski definition) is 1. The van der Waals surface area contributed by atoms with Crippen LogP contribution in [0.15, 0.2) is 72.9 Å². The van der Waals surface area contributed by atoms with E-state index >= 15 is 0 Å². The molecule has 0 radical (unpaired) electrons. The lowest BCUT2D eigenvalue weighted by Gasteiger charge is -2.29. The molecule has 1 aromatic heterocycles. The first-order chi connectivity index (χ1) is 16.0. The molecule has 0 saturated carbocycles. The number of nitrogens with one attached hydrogen (secondary N) is 1. The van der Waals surface area contributed by atoms with E-state index in [1.807, 2.05) is 42.2 Å². The van der Waals surface area contributed by atoms with E-state index in [4.69, 9.17) is 0 Å². The van der Waals surface area contributed by atoms with E-state index in [2.05, 4.69) is 53.6 Å². The molecule has 1 aliphatic rings. The molecule has 0 bridgehead atoms. The minimum absolute atomic E-state index is 0.0202. The number of benzene rings is 2. The maximum atomic E-state index is 13.3. The van der Waals surface area contributed by atoms with Crippen molar-refractivity contribution in [2.75, 3.05) is 19.6 Å². The Morgan fingerprint density at radius 3 is 2.64 bits per heavy atom. The molecule has 3 aromatic rings. The minimum Gasteiger partial charge on any atom is -0.356 e. The highest BCUT2D eigenvalue weighted by atomic mass is 16.2. The normalized spacial score (nSPS) is 17.7. The summed E-state index contributed by atoms with van der Waals surface area (Å²) in [5, 5.41) is 3.04. The number of hydrogen-bond acceptors (Lipinski definition) is 3. The Morgan fingerprint density at radius 2 is 1.88 bits per heavy atom. The van der Waals surface area contributed by atoms with Gasteiger partial charge in [0.1, 0.15) is 0 Å². The van der Waals surface area contributed by atoms with Crippen molar-refractivity contribution in [1.29, 1.82) is 0 Å². The van der Waals surface area contributed by atoms with Crippen LogP contribution in [0.1, 0.15) is 30.2 Å². The van der Waals surface area contributed by atoms with Gasteiger partial charge in [0, 0.05) is 31.5 Å². The van der Waals surface area contributed by atoms with Crippen LogP contribution in [0.25, 0.3) is 11.1 Å². The minimum atomic E-state index is -0.643. The molecule has 2 heterocycles. The van der Waals surface area contributed by atoms with Gasteiger partial charge in [-0.3, -0.25) is 14.6 Å². The predicted octanol–water partition coefficient (Wildman–Crippen LogP) is 4.20. The predicted molar refractivity (Wildman–Crippen MR) is 131 cm³/mol. The van der Waals surface area contributed by atoms with E-state index in [1.54, 1.807) is 6.20 Å². The molecular formula is C28H31N3O2. The fourth-order valence-corrected chi connectivity index (χ4v) is 4.75. The van der Waals surface area contributed by atoms with E-state index in [1.165, 1.54) is 5.56 Å². The van der Waals surface area contributed by atoms with Gasteiger partial charge in [-0.25, -0.2) is 0 Å². The number of nitrogens with zero attached hydrogens (tertiary/aromatic N) is 2. The van der Waals surface area contributed by atoms with Crippen molar-refractivity contribution >= 4 is 11.8 Å². The number of pyridine rings is 1. The zero-order valence-electron chi connectivity index (χ0n) is 19.4. The third kappa shape index (κ3) is 5.14. The van der Waals surface area contributed by atoms with E-state index in [0.29, 0.717) is 32.5 Å². The SMILES string of the molecule is CCNC(=O)[C@]1(Cc2ccccc2-c2cccc(C)c2)CCN(C(=O)Cc2ccccn2)C1. The maximum Gasteiger partial charge on any atom is 0.228 e. The van der Waals surface area contributed by atoms with Gasteiger partial charge in [0.05, 0.1) is 11.8 Å². The molecule has 4 rings (SSSR count). The third-order valence-corrected chi connectivity index (χ3v) is 6.46. The van der Waals surface area contributed by atoms with Gasteiger partial charge in [0.25, 0.3) is 0 Å². The van der Waals surface area contributed by atoms with E-state index in [0.717, 1.165) is 22.4 Å². The molecule has 1 N–H and O–H groups in total. The van der Waals surface area contributed by atoms with Gasteiger partial charge in [-0.1, -0.05) is 60.2 Å². The summed E-state index contributed by atoms with van der Waals surface area (Å²) in [6.45, 7) is 5.60. The molecular weight excluding hydrogens is 410 g/mol. The van der Waals surface area contributed by atoms with Gasteiger partial charge in [-0.15, -0.1) is 0 Å². The second-order valence-corrected chi connectivity index (χ2v) is 8.91. The van der Waals surface area contributed by atoms with Crippen LogP contribution < -0.4 is 5.32 Å². The quantitative estimate of drug-likeness (QED) is 0.598. The van der Waals surface area contributed by atoms with Crippen LogP contribution in [0.5, 0.6) is 0 Å². The van der Waals surface area contributed by atoms with Crippen molar-refractivity contribution in [2.24, 2.45) is 5.41 Å². The summed E-state index contributed by atoms with van der Waals surface area (Å²) in [4.78, 5) is 32.5. The summed E-state index contributed by atoms with van der Waals surface area (Å²) in [6.07, 6.45) is 3.20. The number of carbonyl (C=O) groups excluding carboxylic acids is 2. The zero-order valence-corrected chi connectivity index (χ0v) is 19.4. The summed E-state index contributed by atoms with van der Waals surface area (Å²) in [6, 6.07) is 22.3. The van der Waals surface area contributed by atoms with Gasteiger partial charge >= 0.3 is 0 Å². The third-order valence-electron chi connectivity index (χ3n) is 6.46. The second kappa shape index (κ2) is 9.99. The molecule has 170 valence electrons. The molecule has 5 heteroatoms. The van der Waals surface area contributed by atoms with Crippen molar-refractivity contribution in [2.45, 2.75) is 33.1 Å². The van der Waals surface area contributed by atoms with Crippen LogP contribution in [-0.4, -0.2) is 41.3 Å². The Morgan fingerprint density at radius 1 is 1.06 bits per heavy atom. The zero-order chi connectivity index (χ0) is 23.3. The first-order valence-corrected chi connectivity index (χ1v) is 11.6. The maximum absolute atomic E-state index is 13.3. The summed E-state index contributed by atoms with van der Waals surface area (Å²) >= 11 is 0. The molecule has 2 aromatic carbocycles. The molecule has 2 amide bonds. The van der Waals surface area contributed by atoms with Crippen LogP contribution in [0.3, 0.4) is 0 Å². The number of aromatic nitrogens is 1. The van der Waals surface area contributed by atoms with Gasteiger partial charge < -0.3 is 10.2 Å². The van der Waals surface area contributed by atoms with E-state index in [-0.39, 0.29) is 18.2 Å². The summed E-state index contributed by atoms with van der Waals surface area (Å²) < 4.78 is 0. The molecule has 1 aliphatic heterocycles. The largest absolute Gasteiger partial charge is 0.356 e. The molecule has 0 unspecified atom stereocenters. The molecule has 1 atom stereocenters. The van der Waals surface area contributed by atoms with Crippen LogP contribution in [0.4, 0.5) is 0 Å². The Balaban J connectivity index is 1.61. The molecule has 33 heavy (non-hydrogen) atoms. The Bertz CT molecular complexity index is 1130. The smallest absolute Gasteiger partial charge is 0.228 e. The highest BCUT2D eigenvalue weighted by molar-refractivity contribution is 5.86. The average Bonchev–Trinajstić information content (AvgIpc) is 3.26. The average molecular weight is 442 g/mol. The number of rotatable bonds is 7. The molecule has 5 nitrogen and oxygen atoms in total. The summed E-state index contributed by atoms with van der Waals surface area (Å²) in [5.41, 5.74) is 4.74. The van der Waals surface area contributed by atoms with Gasteiger partial charge in [-0.05, 0) is 55.5 Å². The Kier molecular flexibility index (Phi) is 6.87. The highest BCUT2D eigenvalue weighted by Crippen LogP contribution is 2.38. The summed E-state index contributed by atoms with van der Waals surface area (Å²) in [7, 11) is 0. The standard InChI is InChI=1S/C28H31N3O2/c1-3-29-27(33)28(14-16-31(20-28)26(32)18-24-12-6-7-15-30-24)19-23-10-4-5-13-25(23)22-11-8-9-21(2)17-22/h4-13,15,17H,3,14,16,18-20H2,1-2H3,(H,29,33)/t28-/m0/s1. The number of amides is 2. The fourth-order valence-electron chi connectivity index (χ4n) is 4.75. The van der Waals surface area contributed by atoms with Gasteiger partial charge in [0.2, 0.25) is 11.8 Å². The lowest BCUT2D eigenvalue weighted by molar-refractivity contribution is -0.132. The molecule has 1 saturated heterocycles. The monoisotopic (exact) mass is 441 g/mol. The van der Waals surface area contributed by atoms with Gasteiger partial charge in [0.15, 0.2) is 0 Å². The van der Waals surface area contributed by atoms with Crippen molar-refractivity contribution in [3.05, 3.63) is 89.7 Å². The topological polar surface area (TPSA) is 62.3 Å². The summed E-state index contributed by atoms with van der Waals surface area (Å²) in [5.74, 6) is 0.0454. The van der Waals surface area contributed by atoms with Crippen molar-refractivity contribution in [3.63, 3.8) is 0 Å². The lowest BCUT2D eigenvalue weighted by Crippen LogP contribution is -2.45. The Hall–Kier alpha value is -3.47. The molecule has 0 aliphatic carbocycles. The van der Waals surface area contributed by atoms with Crippen LogP contribution in [-0.2, 0) is 22.4 Å². The highest BCUT2D eigenvalue weighted by Gasteiger charge is 2.46. The number of carbonyl (C=O) groups is 2. The van der Waals surface area contributed by atoms with E-state index in [9.17, 15) is 9.59 Å². The number of likely N-dealkylation sites (tertiary alicyclic amines) is 1. The second-order valence-electron chi connectivity index (χ2n) is 8.91. The Labute approximate surface area is 195 Å². The fraction of sp³-hybridized carbons (Fsp3) is 0.321. The van der Waals surface area contributed by atoms with E-state index < -0.39 is 5.41 Å². The van der Waals surface area contributed by atoms with Gasteiger partial charge in [-0.2, -0.15) is 0 Å². The molecule has 1 fully saturated rings. The lowest BCUT2D eigenvalue weighted by atomic mass is 9.78. The van der Waals surface area contributed by atoms with Crippen LogP contribution >= 0.6 is 0 Å². The van der Waals surface area contributed by atoms with Crippen molar-refractivity contribution < 1.29 is 9.59 Å². The first kappa shape index (κ1) is 22.7. The first-order valence-electron chi connectivity index (χ1n) is 11.6. The van der Waals surface area contributed by atoms with Crippen LogP contribution in [0.2, 0.25) is 0 Å². The molecule has 0 spiro atoms. The van der Waals surface area contributed by atoms with Crippen molar-refractivity contribution in [3.8, 4) is 11.1 Å².